The first-order valence-electron chi connectivity index (χ1n) is 10.6. The van der Waals surface area contributed by atoms with Gasteiger partial charge in [0.1, 0.15) is 5.76 Å². The van der Waals surface area contributed by atoms with Crippen molar-refractivity contribution in [2.45, 2.75) is 13.1 Å². The largest absolute Gasteiger partial charge is 0.467 e. The molecule has 0 radical (unpaired) electrons. The molecule has 1 aliphatic carbocycles. The first-order valence-corrected chi connectivity index (χ1v) is 10.6. The van der Waals surface area contributed by atoms with Crippen molar-refractivity contribution in [3.63, 3.8) is 0 Å². The smallest absolute Gasteiger partial charge is 0.251 e. The highest BCUT2D eigenvalue weighted by atomic mass is 16.3. The Bertz CT molecular complexity index is 1370. The van der Waals surface area contributed by atoms with E-state index in [1.54, 1.807) is 54.8 Å². The van der Waals surface area contributed by atoms with E-state index in [2.05, 4.69) is 10.6 Å². The van der Waals surface area contributed by atoms with Crippen molar-refractivity contribution in [1.29, 1.82) is 0 Å². The van der Waals surface area contributed by atoms with E-state index in [0.717, 1.165) is 16.7 Å². The standard InChI is InChI=1S/C27H20N2O4/c30-25-23-9-2-1-8-21(23)22-11-10-19(14-24(22)25)27(32)28-15-17-5-3-6-18(13-17)26(31)29-16-20-7-4-12-33-20/h1-14H,15-16H2,(H,28,32)(H,29,31). The molecule has 6 nitrogen and oxygen atoms in total. The third kappa shape index (κ3) is 4.06. The molecule has 162 valence electrons. The van der Waals surface area contributed by atoms with Gasteiger partial charge in [0.2, 0.25) is 0 Å². The minimum Gasteiger partial charge on any atom is -0.467 e. The molecule has 0 saturated carbocycles. The Labute approximate surface area is 190 Å². The number of furan rings is 1. The van der Waals surface area contributed by atoms with E-state index in [1.165, 1.54) is 0 Å². The number of rotatable bonds is 6. The molecular formula is C27H20N2O4. The summed E-state index contributed by atoms with van der Waals surface area (Å²) in [5, 5.41) is 5.67. The van der Waals surface area contributed by atoms with Gasteiger partial charge in [0, 0.05) is 28.8 Å². The molecule has 0 saturated heterocycles. The monoisotopic (exact) mass is 436 g/mol. The summed E-state index contributed by atoms with van der Waals surface area (Å²) in [6.45, 7) is 0.553. The van der Waals surface area contributed by atoms with E-state index in [4.69, 9.17) is 4.42 Å². The molecule has 0 atom stereocenters. The fraction of sp³-hybridized carbons (Fsp3) is 0.0741. The van der Waals surface area contributed by atoms with Gasteiger partial charge < -0.3 is 15.1 Å². The van der Waals surface area contributed by atoms with Crippen LogP contribution in [0, 0.1) is 0 Å². The summed E-state index contributed by atoms with van der Waals surface area (Å²) in [4.78, 5) is 37.8. The van der Waals surface area contributed by atoms with Crippen LogP contribution in [0.2, 0.25) is 0 Å². The predicted octanol–water partition coefficient (Wildman–Crippen LogP) is 4.35. The number of benzene rings is 3. The minimum absolute atomic E-state index is 0.0662. The second kappa shape index (κ2) is 8.59. The van der Waals surface area contributed by atoms with Crippen molar-refractivity contribution in [2.75, 3.05) is 0 Å². The predicted molar refractivity (Wildman–Crippen MR) is 123 cm³/mol. The number of amides is 2. The van der Waals surface area contributed by atoms with Gasteiger partial charge in [0.05, 0.1) is 12.8 Å². The van der Waals surface area contributed by atoms with Crippen molar-refractivity contribution in [3.05, 3.63) is 119 Å². The van der Waals surface area contributed by atoms with Gasteiger partial charge in [-0.25, -0.2) is 0 Å². The third-order valence-corrected chi connectivity index (χ3v) is 5.63. The summed E-state index contributed by atoms with van der Waals surface area (Å²) in [6, 6.07) is 23.2. The van der Waals surface area contributed by atoms with Crippen molar-refractivity contribution in [1.82, 2.24) is 10.6 Å². The second-order valence-electron chi connectivity index (χ2n) is 7.78. The van der Waals surface area contributed by atoms with Crippen LogP contribution in [0.4, 0.5) is 0 Å². The Morgan fingerprint density at radius 2 is 1.39 bits per heavy atom. The van der Waals surface area contributed by atoms with E-state index in [0.29, 0.717) is 34.6 Å². The van der Waals surface area contributed by atoms with Gasteiger partial charge >= 0.3 is 0 Å². The zero-order chi connectivity index (χ0) is 22.8. The summed E-state index contributed by atoms with van der Waals surface area (Å²) in [5.41, 5.74) is 4.65. The highest BCUT2D eigenvalue weighted by Crippen LogP contribution is 2.36. The highest BCUT2D eigenvalue weighted by molar-refractivity contribution is 6.22. The molecule has 0 spiro atoms. The van der Waals surface area contributed by atoms with E-state index in [9.17, 15) is 14.4 Å². The summed E-state index contributed by atoms with van der Waals surface area (Å²) >= 11 is 0. The van der Waals surface area contributed by atoms with Gasteiger partial charge in [0.25, 0.3) is 11.8 Å². The number of hydrogen-bond acceptors (Lipinski definition) is 4. The van der Waals surface area contributed by atoms with Crippen LogP contribution in [0.15, 0.2) is 89.5 Å². The Morgan fingerprint density at radius 1 is 0.667 bits per heavy atom. The first kappa shape index (κ1) is 20.5. The molecule has 2 amide bonds. The molecule has 0 unspecified atom stereocenters. The molecule has 4 aromatic rings. The molecule has 3 aromatic carbocycles. The molecule has 0 fully saturated rings. The van der Waals surface area contributed by atoms with E-state index in [1.807, 2.05) is 30.3 Å². The Balaban J connectivity index is 1.24. The van der Waals surface area contributed by atoms with Gasteiger partial charge in [0.15, 0.2) is 5.78 Å². The molecule has 33 heavy (non-hydrogen) atoms. The van der Waals surface area contributed by atoms with Crippen molar-refractivity contribution in [2.24, 2.45) is 0 Å². The summed E-state index contributed by atoms with van der Waals surface area (Å²) in [6.07, 6.45) is 1.56. The van der Waals surface area contributed by atoms with Crippen LogP contribution < -0.4 is 10.6 Å². The van der Waals surface area contributed by atoms with Crippen LogP contribution in [0.3, 0.4) is 0 Å². The number of carbonyl (C=O) groups excluding carboxylic acids is 3. The number of carbonyl (C=O) groups is 3. The van der Waals surface area contributed by atoms with Crippen molar-refractivity contribution < 1.29 is 18.8 Å². The molecule has 2 N–H and O–H groups in total. The maximum Gasteiger partial charge on any atom is 0.251 e. The van der Waals surface area contributed by atoms with Crippen LogP contribution in [0.5, 0.6) is 0 Å². The van der Waals surface area contributed by atoms with Crippen LogP contribution in [0.25, 0.3) is 11.1 Å². The number of fused-ring (bicyclic) bond motifs is 3. The quantitative estimate of drug-likeness (QED) is 0.414. The summed E-state index contributed by atoms with van der Waals surface area (Å²) < 4.78 is 5.22. The SMILES string of the molecule is O=C(NCc1cccc(C(=O)NCc2ccco2)c1)c1ccc2c(c1)C(=O)c1ccccc1-2. The third-order valence-electron chi connectivity index (χ3n) is 5.63. The number of ketones is 1. The van der Waals surface area contributed by atoms with Crippen molar-refractivity contribution in [3.8, 4) is 11.1 Å². The fourth-order valence-electron chi connectivity index (χ4n) is 3.96. The lowest BCUT2D eigenvalue weighted by Gasteiger charge is -2.09. The zero-order valence-corrected chi connectivity index (χ0v) is 17.6. The molecule has 1 aromatic heterocycles. The molecule has 1 aliphatic rings. The topological polar surface area (TPSA) is 88.4 Å². The summed E-state index contributed by atoms with van der Waals surface area (Å²) in [7, 11) is 0. The lowest BCUT2D eigenvalue weighted by Crippen LogP contribution is -2.24. The average Bonchev–Trinajstić information content (AvgIpc) is 3.48. The number of nitrogens with one attached hydrogen (secondary N) is 2. The maximum atomic E-state index is 12.7. The van der Waals surface area contributed by atoms with E-state index < -0.39 is 0 Å². The Hall–Kier alpha value is -4.45. The van der Waals surface area contributed by atoms with E-state index >= 15 is 0 Å². The van der Waals surface area contributed by atoms with E-state index in [-0.39, 0.29) is 24.1 Å². The summed E-state index contributed by atoms with van der Waals surface area (Å²) in [5.74, 6) is 0.0942. The minimum atomic E-state index is -0.283. The Kier molecular flexibility index (Phi) is 5.32. The normalized spacial score (nSPS) is 11.6. The lowest BCUT2D eigenvalue weighted by atomic mass is 10.0. The molecular weight excluding hydrogens is 416 g/mol. The first-order chi connectivity index (χ1) is 16.1. The Morgan fingerprint density at radius 3 is 2.18 bits per heavy atom. The average molecular weight is 436 g/mol. The van der Waals surface area contributed by atoms with Crippen LogP contribution in [0.1, 0.15) is 48.0 Å². The zero-order valence-electron chi connectivity index (χ0n) is 17.6. The second-order valence-corrected chi connectivity index (χ2v) is 7.78. The van der Waals surface area contributed by atoms with Crippen LogP contribution in [-0.2, 0) is 13.1 Å². The molecule has 6 heteroatoms. The van der Waals surface area contributed by atoms with Crippen LogP contribution >= 0.6 is 0 Å². The van der Waals surface area contributed by atoms with Gasteiger partial charge in [-0.05, 0) is 53.1 Å². The van der Waals surface area contributed by atoms with Gasteiger partial charge in [-0.15, -0.1) is 0 Å². The molecule has 5 rings (SSSR count). The highest BCUT2D eigenvalue weighted by Gasteiger charge is 2.27. The lowest BCUT2D eigenvalue weighted by molar-refractivity contribution is 0.0943. The fourth-order valence-corrected chi connectivity index (χ4v) is 3.96. The molecule has 0 bridgehead atoms. The molecule has 0 aliphatic heterocycles. The van der Waals surface area contributed by atoms with Crippen LogP contribution in [-0.4, -0.2) is 17.6 Å². The van der Waals surface area contributed by atoms with Gasteiger partial charge in [-0.1, -0.05) is 42.5 Å². The van der Waals surface area contributed by atoms with Gasteiger partial charge in [-0.2, -0.15) is 0 Å². The number of hydrogen-bond donors (Lipinski definition) is 2. The maximum absolute atomic E-state index is 12.7. The van der Waals surface area contributed by atoms with Crippen molar-refractivity contribution >= 4 is 17.6 Å². The van der Waals surface area contributed by atoms with Gasteiger partial charge in [-0.3, -0.25) is 14.4 Å². The molecule has 1 heterocycles.